The molecule has 0 saturated carbocycles. The van der Waals surface area contributed by atoms with Crippen molar-refractivity contribution in [2.75, 3.05) is 6.54 Å². The zero-order valence-corrected chi connectivity index (χ0v) is 12.1. The molecule has 0 aromatic carbocycles. The van der Waals surface area contributed by atoms with E-state index in [0.717, 1.165) is 37.8 Å². The predicted molar refractivity (Wildman–Crippen MR) is 76.6 cm³/mol. The Labute approximate surface area is 124 Å². The number of nitrogens with two attached hydrogens (primary N) is 1. The van der Waals surface area contributed by atoms with Crippen LogP contribution < -0.4 is 11.1 Å². The maximum Gasteiger partial charge on any atom is 0.249 e. The van der Waals surface area contributed by atoms with Crippen molar-refractivity contribution in [3.8, 4) is 0 Å². The third-order valence-corrected chi connectivity index (χ3v) is 4.02. The molecular weight excluding hydrogens is 280 g/mol. The first-order valence-electron chi connectivity index (χ1n) is 6.96. The summed E-state index contributed by atoms with van der Waals surface area (Å²) in [5, 5.41) is 10.1. The SMILES string of the molecule is Cl.NC[C@H]1CC[C@@H](C(=O)NC2CCCc3cn[nH]c32)O1. The predicted octanol–water partition coefficient (Wildman–Crippen LogP) is 0.831. The summed E-state index contributed by atoms with van der Waals surface area (Å²) in [6.07, 6.45) is 6.23. The van der Waals surface area contributed by atoms with Gasteiger partial charge in [0, 0.05) is 6.54 Å². The minimum atomic E-state index is -0.346. The van der Waals surface area contributed by atoms with Crippen LogP contribution in [-0.4, -0.2) is 34.9 Å². The minimum absolute atomic E-state index is 0. The van der Waals surface area contributed by atoms with Gasteiger partial charge in [-0.15, -0.1) is 12.4 Å². The number of carbonyl (C=O) groups is 1. The highest BCUT2D eigenvalue weighted by atomic mass is 35.5. The minimum Gasteiger partial charge on any atom is -0.364 e. The summed E-state index contributed by atoms with van der Waals surface area (Å²) in [5.74, 6) is -0.0246. The molecule has 1 saturated heterocycles. The van der Waals surface area contributed by atoms with E-state index >= 15 is 0 Å². The Morgan fingerprint density at radius 3 is 3.10 bits per heavy atom. The molecule has 20 heavy (non-hydrogen) atoms. The van der Waals surface area contributed by atoms with Gasteiger partial charge >= 0.3 is 0 Å². The van der Waals surface area contributed by atoms with Crippen LogP contribution in [0.1, 0.15) is 43.0 Å². The van der Waals surface area contributed by atoms with E-state index in [2.05, 4.69) is 15.5 Å². The number of amides is 1. The lowest BCUT2D eigenvalue weighted by molar-refractivity contribution is -0.132. The average molecular weight is 301 g/mol. The van der Waals surface area contributed by atoms with Crippen molar-refractivity contribution in [1.82, 2.24) is 15.5 Å². The van der Waals surface area contributed by atoms with E-state index in [1.165, 1.54) is 5.56 Å². The number of H-pyrrole nitrogens is 1. The number of aromatic amines is 1. The number of aryl methyl sites for hydroxylation is 1. The zero-order valence-electron chi connectivity index (χ0n) is 11.3. The Kier molecular flexibility index (Phi) is 5.01. The Bertz CT molecular complexity index is 465. The lowest BCUT2D eigenvalue weighted by atomic mass is 9.93. The van der Waals surface area contributed by atoms with Crippen molar-refractivity contribution in [2.24, 2.45) is 5.73 Å². The van der Waals surface area contributed by atoms with E-state index < -0.39 is 0 Å². The van der Waals surface area contributed by atoms with Crippen molar-refractivity contribution in [1.29, 1.82) is 0 Å². The largest absolute Gasteiger partial charge is 0.364 e. The number of hydrogen-bond donors (Lipinski definition) is 3. The molecule has 1 aliphatic carbocycles. The van der Waals surface area contributed by atoms with Crippen molar-refractivity contribution in [2.45, 2.75) is 50.4 Å². The fraction of sp³-hybridized carbons (Fsp3) is 0.692. The third kappa shape index (κ3) is 2.97. The van der Waals surface area contributed by atoms with Crippen LogP contribution in [0, 0.1) is 0 Å². The first-order valence-corrected chi connectivity index (χ1v) is 6.96. The van der Waals surface area contributed by atoms with Crippen molar-refractivity contribution in [3.05, 3.63) is 17.5 Å². The summed E-state index contributed by atoms with van der Waals surface area (Å²) in [5.41, 5.74) is 7.82. The van der Waals surface area contributed by atoms with Crippen molar-refractivity contribution in [3.63, 3.8) is 0 Å². The number of aromatic nitrogens is 2. The topological polar surface area (TPSA) is 93.0 Å². The number of ether oxygens (including phenoxy) is 1. The molecule has 1 amide bonds. The summed E-state index contributed by atoms with van der Waals surface area (Å²) in [6.45, 7) is 0.484. The summed E-state index contributed by atoms with van der Waals surface area (Å²) in [6, 6.07) is 0.0410. The second-order valence-electron chi connectivity index (χ2n) is 5.32. The van der Waals surface area contributed by atoms with Gasteiger partial charge in [0.25, 0.3) is 0 Å². The average Bonchev–Trinajstić information content (AvgIpc) is 3.08. The highest BCUT2D eigenvalue weighted by molar-refractivity contribution is 5.85. The standard InChI is InChI=1S/C13H20N4O2.ClH/c14-6-9-4-5-11(19-9)13(18)16-10-3-1-2-8-7-15-17-12(8)10;/h7,9-11H,1-6,14H2,(H,15,17)(H,16,18);1H/t9-,10?,11+;/m1./s1. The molecule has 3 rings (SSSR count). The quantitative estimate of drug-likeness (QED) is 0.771. The Balaban J connectivity index is 0.00000147. The Morgan fingerprint density at radius 2 is 2.35 bits per heavy atom. The summed E-state index contributed by atoms with van der Waals surface area (Å²) < 4.78 is 5.62. The normalized spacial score (nSPS) is 28.6. The number of fused-ring (bicyclic) bond motifs is 1. The number of hydrogen-bond acceptors (Lipinski definition) is 4. The second-order valence-corrected chi connectivity index (χ2v) is 5.32. The molecule has 0 bridgehead atoms. The second kappa shape index (κ2) is 6.56. The number of rotatable bonds is 3. The molecule has 0 spiro atoms. The molecule has 2 aliphatic rings. The molecule has 1 aromatic heterocycles. The molecule has 7 heteroatoms. The fourth-order valence-electron chi connectivity index (χ4n) is 2.94. The van der Waals surface area contributed by atoms with Crippen LogP contribution in [0.5, 0.6) is 0 Å². The molecular formula is C13H21ClN4O2. The third-order valence-electron chi connectivity index (χ3n) is 4.02. The molecule has 1 aliphatic heterocycles. The smallest absolute Gasteiger partial charge is 0.249 e. The number of nitrogens with one attached hydrogen (secondary N) is 2. The van der Waals surface area contributed by atoms with Crippen molar-refractivity contribution < 1.29 is 9.53 Å². The molecule has 4 N–H and O–H groups in total. The van der Waals surface area contributed by atoms with Crippen LogP contribution in [0.4, 0.5) is 0 Å². The van der Waals surface area contributed by atoms with Crippen LogP contribution in [-0.2, 0) is 16.0 Å². The van der Waals surface area contributed by atoms with E-state index in [4.69, 9.17) is 10.5 Å². The first kappa shape index (κ1) is 15.3. The van der Waals surface area contributed by atoms with E-state index in [1.807, 2.05) is 6.20 Å². The highest BCUT2D eigenvalue weighted by Crippen LogP contribution is 2.28. The number of carbonyl (C=O) groups excluding carboxylic acids is 1. The van der Waals surface area contributed by atoms with Gasteiger partial charge in [-0.25, -0.2) is 0 Å². The summed E-state index contributed by atoms with van der Waals surface area (Å²) >= 11 is 0. The van der Waals surface area contributed by atoms with Crippen LogP contribution in [0.25, 0.3) is 0 Å². The van der Waals surface area contributed by atoms with Gasteiger partial charge in [-0.3, -0.25) is 9.89 Å². The molecule has 6 nitrogen and oxygen atoms in total. The van der Waals surface area contributed by atoms with E-state index in [1.54, 1.807) is 0 Å². The van der Waals surface area contributed by atoms with Crippen LogP contribution in [0.15, 0.2) is 6.20 Å². The number of nitrogens with zero attached hydrogens (tertiary/aromatic N) is 1. The molecule has 3 atom stereocenters. The van der Waals surface area contributed by atoms with Gasteiger partial charge in [0.05, 0.1) is 24.0 Å². The molecule has 1 aromatic rings. The Morgan fingerprint density at radius 1 is 1.50 bits per heavy atom. The maximum atomic E-state index is 12.2. The molecule has 2 heterocycles. The van der Waals surface area contributed by atoms with E-state index in [0.29, 0.717) is 6.54 Å². The lowest BCUT2D eigenvalue weighted by Crippen LogP contribution is -2.39. The molecule has 112 valence electrons. The van der Waals surface area contributed by atoms with Gasteiger partial charge in [0.2, 0.25) is 5.91 Å². The zero-order chi connectivity index (χ0) is 13.2. The molecule has 0 radical (unpaired) electrons. The van der Waals surface area contributed by atoms with Crippen LogP contribution >= 0.6 is 12.4 Å². The number of halogens is 1. The molecule has 1 unspecified atom stereocenters. The van der Waals surface area contributed by atoms with Gasteiger partial charge in [0.1, 0.15) is 6.10 Å². The first-order chi connectivity index (χ1) is 9.28. The van der Waals surface area contributed by atoms with Crippen LogP contribution in [0.2, 0.25) is 0 Å². The van der Waals surface area contributed by atoms with Crippen molar-refractivity contribution >= 4 is 18.3 Å². The summed E-state index contributed by atoms with van der Waals surface area (Å²) in [7, 11) is 0. The summed E-state index contributed by atoms with van der Waals surface area (Å²) in [4.78, 5) is 12.2. The monoisotopic (exact) mass is 300 g/mol. The Hall–Kier alpha value is -1.11. The lowest BCUT2D eigenvalue weighted by Gasteiger charge is -2.24. The van der Waals surface area contributed by atoms with Gasteiger partial charge in [-0.05, 0) is 37.7 Å². The van der Waals surface area contributed by atoms with Gasteiger partial charge in [0.15, 0.2) is 0 Å². The van der Waals surface area contributed by atoms with E-state index in [-0.39, 0.29) is 36.6 Å². The van der Waals surface area contributed by atoms with Gasteiger partial charge < -0.3 is 15.8 Å². The van der Waals surface area contributed by atoms with E-state index in [9.17, 15) is 4.79 Å². The van der Waals surface area contributed by atoms with Gasteiger partial charge in [-0.2, -0.15) is 5.10 Å². The maximum absolute atomic E-state index is 12.2. The fourth-order valence-corrected chi connectivity index (χ4v) is 2.94. The molecule has 1 fully saturated rings. The highest BCUT2D eigenvalue weighted by Gasteiger charge is 2.32. The van der Waals surface area contributed by atoms with Gasteiger partial charge in [-0.1, -0.05) is 0 Å². The van der Waals surface area contributed by atoms with Crippen LogP contribution in [0.3, 0.4) is 0 Å².